The molecule has 0 radical (unpaired) electrons. The van der Waals surface area contributed by atoms with Gasteiger partial charge < -0.3 is 20.0 Å². The van der Waals surface area contributed by atoms with Gasteiger partial charge in [-0.25, -0.2) is 0 Å². The van der Waals surface area contributed by atoms with Crippen LogP contribution in [0.1, 0.15) is 0 Å². The summed E-state index contributed by atoms with van der Waals surface area (Å²) in [7, 11) is 0. The Hall–Kier alpha value is -2.34. The molecule has 2 rings (SSSR count). The van der Waals surface area contributed by atoms with Gasteiger partial charge in [0, 0.05) is 0 Å². The molecule has 0 unspecified atom stereocenters. The molecule has 0 heterocycles. The summed E-state index contributed by atoms with van der Waals surface area (Å²) >= 11 is 3.40. The summed E-state index contributed by atoms with van der Waals surface area (Å²) in [4.78, 5) is 21.6. The summed E-state index contributed by atoms with van der Waals surface area (Å²) in [5.41, 5.74) is 2.09. The third kappa shape index (κ3) is 4.60. The van der Waals surface area contributed by atoms with Gasteiger partial charge in [-0.1, -0.05) is 36.4 Å². The van der Waals surface area contributed by atoms with Crippen molar-refractivity contribution in [3.8, 4) is 16.9 Å². The molecule has 0 aliphatic carbocycles. The van der Waals surface area contributed by atoms with Gasteiger partial charge in [-0.05, 0) is 39.2 Å². The average molecular weight is 363 g/mol. The number of carbonyl (C=O) groups excluding carboxylic acids is 2. The van der Waals surface area contributed by atoms with E-state index in [0.29, 0.717) is 10.2 Å². The minimum atomic E-state index is -1.35. The molecule has 0 aliphatic heterocycles. The average Bonchev–Trinajstić information content (AvgIpc) is 2.52. The van der Waals surface area contributed by atoms with Crippen molar-refractivity contribution < 1.29 is 19.4 Å². The summed E-state index contributed by atoms with van der Waals surface area (Å²) in [5.74, 6) is -1.37. The minimum Gasteiger partial charge on any atom is -0.548 e. The zero-order valence-corrected chi connectivity index (χ0v) is 13.1. The first-order valence-corrected chi connectivity index (χ1v) is 7.30. The number of ether oxygens (including phenoxy) is 1. The fourth-order valence-electron chi connectivity index (χ4n) is 1.79. The van der Waals surface area contributed by atoms with Crippen LogP contribution in [-0.4, -0.2) is 25.0 Å². The van der Waals surface area contributed by atoms with Crippen LogP contribution in [0, 0.1) is 0 Å². The third-order valence-corrected chi connectivity index (χ3v) is 3.45. The maximum absolute atomic E-state index is 11.4. The number of amides is 1. The lowest BCUT2D eigenvalue weighted by Gasteiger charge is -2.10. The quantitative estimate of drug-likeness (QED) is 0.841. The molecule has 0 bridgehead atoms. The predicted molar refractivity (Wildman–Crippen MR) is 83.1 cm³/mol. The van der Waals surface area contributed by atoms with Gasteiger partial charge in [0.1, 0.15) is 5.75 Å². The molecular formula is C16H13BrNO4-. The lowest BCUT2D eigenvalue weighted by molar-refractivity contribution is -0.304. The zero-order chi connectivity index (χ0) is 15.9. The maximum atomic E-state index is 11.4. The smallest absolute Gasteiger partial charge is 0.258 e. The number of benzene rings is 2. The third-order valence-electron chi connectivity index (χ3n) is 2.83. The van der Waals surface area contributed by atoms with E-state index in [1.165, 1.54) is 0 Å². The van der Waals surface area contributed by atoms with E-state index < -0.39 is 18.4 Å². The lowest BCUT2D eigenvalue weighted by atomic mass is 10.1. The van der Waals surface area contributed by atoms with Crippen LogP contribution in [0.15, 0.2) is 53.0 Å². The zero-order valence-electron chi connectivity index (χ0n) is 11.5. The second-order valence-corrected chi connectivity index (χ2v) is 5.30. The first kappa shape index (κ1) is 16.0. The van der Waals surface area contributed by atoms with Gasteiger partial charge in [0.2, 0.25) is 0 Å². The molecule has 0 spiro atoms. The number of hydrogen-bond donors (Lipinski definition) is 1. The maximum Gasteiger partial charge on any atom is 0.258 e. The van der Waals surface area contributed by atoms with Crippen molar-refractivity contribution >= 4 is 27.8 Å². The number of carbonyl (C=O) groups is 2. The van der Waals surface area contributed by atoms with Gasteiger partial charge in [0.15, 0.2) is 6.61 Å². The van der Waals surface area contributed by atoms with Crippen LogP contribution in [0.2, 0.25) is 0 Å². The molecule has 0 aromatic heterocycles. The minimum absolute atomic E-state index is 0.267. The molecule has 1 amide bonds. The molecule has 6 heteroatoms. The van der Waals surface area contributed by atoms with Crippen LogP contribution in [0.4, 0.5) is 0 Å². The Kier molecular flexibility index (Phi) is 5.55. The standard InChI is InChI=1S/C16H14BrNO4/c17-13-8-12(11-4-2-1-3-5-11)6-7-14(13)22-10-15(19)18-9-16(20)21/h1-8H,9-10H2,(H,18,19)(H,20,21)/p-1. The van der Waals surface area contributed by atoms with Crippen molar-refractivity contribution in [2.45, 2.75) is 0 Å². The Morgan fingerprint density at radius 3 is 2.45 bits per heavy atom. The lowest BCUT2D eigenvalue weighted by Crippen LogP contribution is -2.39. The normalized spacial score (nSPS) is 10.0. The van der Waals surface area contributed by atoms with Gasteiger partial charge >= 0.3 is 0 Å². The number of carboxylic acids is 1. The molecule has 5 nitrogen and oxygen atoms in total. The van der Waals surface area contributed by atoms with Crippen LogP contribution >= 0.6 is 15.9 Å². The van der Waals surface area contributed by atoms with Crippen LogP contribution in [0.5, 0.6) is 5.75 Å². The van der Waals surface area contributed by atoms with Crippen molar-refractivity contribution in [2.24, 2.45) is 0 Å². The predicted octanol–water partition coefficient (Wildman–Crippen LogP) is 1.36. The van der Waals surface area contributed by atoms with E-state index in [-0.39, 0.29) is 6.61 Å². The molecule has 1 N–H and O–H groups in total. The van der Waals surface area contributed by atoms with Gasteiger partial charge in [0.25, 0.3) is 5.91 Å². The van der Waals surface area contributed by atoms with E-state index >= 15 is 0 Å². The highest BCUT2D eigenvalue weighted by molar-refractivity contribution is 9.10. The number of hydrogen-bond acceptors (Lipinski definition) is 4. The highest BCUT2D eigenvalue weighted by atomic mass is 79.9. The number of rotatable bonds is 6. The van der Waals surface area contributed by atoms with E-state index in [9.17, 15) is 14.7 Å². The monoisotopic (exact) mass is 362 g/mol. The number of aliphatic carboxylic acids is 1. The topological polar surface area (TPSA) is 78.5 Å². The van der Waals surface area contributed by atoms with E-state index in [1.54, 1.807) is 6.07 Å². The largest absolute Gasteiger partial charge is 0.548 e. The Morgan fingerprint density at radius 1 is 1.09 bits per heavy atom. The second-order valence-electron chi connectivity index (χ2n) is 4.45. The fraction of sp³-hybridized carbons (Fsp3) is 0.125. The van der Waals surface area contributed by atoms with Crippen molar-refractivity contribution in [1.29, 1.82) is 0 Å². The van der Waals surface area contributed by atoms with E-state index in [2.05, 4.69) is 21.2 Å². The summed E-state index contributed by atoms with van der Waals surface area (Å²) in [5, 5.41) is 12.4. The highest BCUT2D eigenvalue weighted by Gasteiger charge is 2.07. The molecular weight excluding hydrogens is 350 g/mol. The molecule has 0 saturated carbocycles. The van der Waals surface area contributed by atoms with Crippen LogP contribution in [0.3, 0.4) is 0 Å². The Bertz CT molecular complexity index is 673. The van der Waals surface area contributed by atoms with Gasteiger partial charge in [-0.15, -0.1) is 0 Å². The molecule has 0 fully saturated rings. The number of nitrogens with one attached hydrogen (secondary N) is 1. The van der Waals surface area contributed by atoms with Gasteiger partial charge in [-0.2, -0.15) is 0 Å². The van der Waals surface area contributed by atoms with Crippen molar-refractivity contribution in [2.75, 3.05) is 13.2 Å². The van der Waals surface area contributed by atoms with E-state index in [4.69, 9.17) is 4.74 Å². The molecule has 0 saturated heterocycles. The van der Waals surface area contributed by atoms with Crippen LogP contribution < -0.4 is 15.2 Å². The number of carboxylic acid groups (broad SMARTS) is 1. The molecule has 0 aliphatic rings. The van der Waals surface area contributed by atoms with Crippen molar-refractivity contribution in [3.63, 3.8) is 0 Å². The van der Waals surface area contributed by atoms with Gasteiger partial charge in [-0.3, -0.25) is 4.79 Å². The molecule has 22 heavy (non-hydrogen) atoms. The summed E-state index contributed by atoms with van der Waals surface area (Å²) in [6.07, 6.45) is 0. The van der Waals surface area contributed by atoms with Crippen LogP contribution in [0.25, 0.3) is 11.1 Å². The summed E-state index contributed by atoms with van der Waals surface area (Å²) in [6.45, 7) is -0.799. The Balaban J connectivity index is 1.98. The molecule has 2 aromatic carbocycles. The van der Waals surface area contributed by atoms with Crippen LogP contribution in [-0.2, 0) is 9.59 Å². The van der Waals surface area contributed by atoms with Crippen molar-refractivity contribution in [1.82, 2.24) is 5.32 Å². The first-order chi connectivity index (χ1) is 10.6. The fourth-order valence-corrected chi connectivity index (χ4v) is 2.29. The second kappa shape index (κ2) is 7.61. The highest BCUT2D eigenvalue weighted by Crippen LogP contribution is 2.30. The summed E-state index contributed by atoms with van der Waals surface area (Å²) in [6, 6.07) is 15.4. The first-order valence-electron chi connectivity index (χ1n) is 6.50. The van der Waals surface area contributed by atoms with E-state index in [0.717, 1.165) is 11.1 Å². The van der Waals surface area contributed by atoms with E-state index in [1.807, 2.05) is 42.5 Å². The molecule has 0 atom stereocenters. The molecule has 114 valence electrons. The van der Waals surface area contributed by atoms with Gasteiger partial charge in [0.05, 0.1) is 17.0 Å². The SMILES string of the molecule is O=C([O-])CNC(=O)COc1ccc(-c2ccccc2)cc1Br. The molecule has 2 aromatic rings. The Morgan fingerprint density at radius 2 is 1.82 bits per heavy atom. The Labute approximate surface area is 136 Å². The van der Waals surface area contributed by atoms with Crippen molar-refractivity contribution in [3.05, 3.63) is 53.0 Å². The summed E-state index contributed by atoms with van der Waals surface area (Å²) < 4.78 is 6.06. The number of halogens is 1.